The fourth-order valence-corrected chi connectivity index (χ4v) is 2.48. The summed E-state index contributed by atoms with van der Waals surface area (Å²) in [5.74, 6) is 0.0667. The minimum absolute atomic E-state index is 0.0410. The lowest BCUT2D eigenvalue weighted by atomic mass is 9.98. The molecular weight excluding hydrogens is 338 g/mol. The van der Waals surface area contributed by atoms with Crippen molar-refractivity contribution in [3.05, 3.63) is 69.2 Å². The molecule has 2 rings (SSSR count). The number of rotatable bonds is 5. The molecule has 0 spiro atoms. The van der Waals surface area contributed by atoms with E-state index in [-0.39, 0.29) is 5.57 Å². The lowest BCUT2D eigenvalue weighted by Crippen LogP contribution is -2.04. The Bertz CT molecular complexity index is 848. The van der Waals surface area contributed by atoms with Crippen LogP contribution in [0.3, 0.4) is 0 Å². The topological polar surface area (TPSA) is 59.3 Å². The van der Waals surface area contributed by atoms with Crippen LogP contribution in [0, 0.1) is 25.2 Å². The van der Waals surface area contributed by atoms with Crippen molar-refractivity contribution in [2.75, 3.05) is 7.11 Å². The summed E-state index contributed by atoms with van der Waals surface area (Å²) < 4.78 is 10.4. The molecule has 0 fully saturated rings. The minimum atomic E-state index is -0.651. The molecule has 0 N–H and O–H groups in total. The van der Waals surface area contributed by atoms with E-state index in [9.17, 15) is 4.79 Å². The third kappa shape index (κ3) is 4.85. The van der Waals surface area contributed by atoms with Crippen LogP contribution in [0.5, 0.6) is 5.75 Å². The van der Waals surface area contributed by atoms with Crippen LogP contribution in [0.2, 0.25) is 5.02 Å². The van der Waals surface area contributed by atoms with Gasteiger partial charge in [-0.2, -0.15) is 5.26 Å². The van der Waals surface area contributed by atoms with Crippen molar-refractivity contribution in [3.8, 4) is 11.8 Å². The van der Waals surface area contributed by atoms with E-state index < -0.39 is 5.97 Å². The monoisotopic (exact) mass is 355 g/mol. The minimum Gasteiger partial charge on any atom is -0.489 e. The lowest BCUT2D eigenvalue weighted by molar-refractivity contribution is -0.135. The predicted octanol–water partition coefficient (Wildman–Crippen LogP) is 4.62. The first-order valence-corrected chi connectivity index (χ1v) is 8.01. The first-order chi connectivity index (χ1) is 11.9. The molecule has 0 saturated carbocycles. The summed E-state index contributed by atoms with van der Waals surface area (Å²) in [4.78, 5) is 11.6. The summed E-state index contributed by atoms with van der Waals surface area (Å²) in [5.41, 5.74) is 3.67. The molecule has 0 aliphatic rings. The SMILES string of the molecule is COC(=O)/C(C#N)=C/c1cc(C)cc(COc2ccc(Cl)cc2)c1C. The van der Waals surface area contributed by atoms with Gasteiger partial charge in [-0.05, 0) is 60.9 Å². The molecule has 0 aliphatic carbocycles. The molecule has 5 heteroatoms. The van der Waals surface area contributed by atoms with Crippen LogP contribution in [-0.4, -0.2) is 13.1 Å². The summed E-state index contributed by atoms with van der Waals surface area (Å²) in [7, 11) is 1.25. The Morgan fingerprint density at radius 1 is 1.24 bits per heavy atom. The van der Waals surface area contributed by atoms with Gasteiger partial charge in [0, 0.05) is 5.02 Å². The molecule has 0 aliphatic heterocycles. The van der Waals surface area contributed by atoms with Gasteiger partial charge in [0.2, 0.25) is 0 Å². The lowest BCUT2D eigenvalue weighted by Gasteiger charge is -2.13. The van der Waals surface area contributed by atoms with Gasteiger partial charge < -0.3 is 9.47 Å². The van der Waals surface area contributed by atoms with Crippen molar-refractivity contribution >= 4 is 23.6 Å². The van der Waals surface area contributed by atoms with Crippen molar-refractivity contribution in [1.29, 1.82) is 5.26 Å². The summed E-state index contributed by atoms with van der Waals surface area (Å²) in [6, 6.07) is 13.0. The van der Waals surface area contributed by atoms with E-state index in [1.807, 2.05) is 32.0 Å². The van der Waals surface area contributed by atoms with Gasteiger partial charge in [0.1, 0.15) is 24.0 Å². The molecule has 0 saturated heterocycles. The first-order valence-electron chi connectivity index (χ1n) is 7.63. The quantitative estimate of drug-likeness (QED) is 0.446. The summed E-state index contributed by atoms with van der Waals surface area (Å²) in [6.45, 7) is 4.25. The largest absolute Gasteiger partial charge is 0.489 e. The number of nitriles is 1. The van der Waals surface area contributed by atoms with Gasteiger partial charge >= 0.3 is 5.97 Å². The van der Waals surface area contributed by atoms with Crippen molar-refractivity contribution in [3.63, 3.8) is 0 Å². The number of methoxy groups -OCH3 is 1. The molecule has 0 unspecified atom stereocenters. The van der Waals surface area contributed by atoms with Crippen LogP contribution >= 0.6 is 11.6 Å². The predicted molar refractivity (Wildman–Crippen MR) is 97.3 cm³/mol. The Balaban J connectivity index is 2.30. The van der Waals surface area contributed by atoms with Crippen LogP contribution in [0.1, 0.15) is 22.3 Å². The highest BCUT2D eigenvalue weighted by Gasteiger charge is 2.11. The maximum Gasteiger partial charge on any atom is 0.348 e. The van der Waals surface area contributed by atoms with Crippen LogP contribution < -0.4 is 4.74 Å². The second-order valence-corrected chi connectivity index (χ2v) is 5.98. The number of benzene rings is 2. The Morgan fingerprint density at radius 3 is 2.52 bits per heavy atom. The number of hydrogen-bond donors (Lipinski definition) is 0. The third-order valence-electron chi connectivity index (χ3n) is 3.73. The van der Waals surface area contributed by atoms with E-state index in [1.54, 1.807) is 30.3 Å². The van der Waals surface area contributed by atoms with Crippen molar-refractivity contribution in [2.24, 2.45) is 0 Å². The van der Waals surface area contributed by atoms with Gasteiger partial charge in [0.15, 0.2) is 0 Å². The number of esters is 1. The summed E-state index contributed by atoms with van der Waals surface area (Å²) in [5, 5.41) is 9.79. The Kier molecular flexibility index (Phi) is 6.21. The highest BCUT2D eigenvalue weighted by Crippen LogP contribution is 2.22. The molecule has 0 amide bonds. The van der Waals surface area contributed by atoms with Crippen LogP contribution in [0.15, 0.2) is 42.0 Å². The molecule has 128 valence electrons. The summed E-state index contributed by atoms with van der Waals surface area (Å²) in [6.07, 6.45) is 1.54. The highest BCUT2D eigenvalue weighted by molar-refractivity contribution is 6.30. The number of hydrogen-bond acceptors (Lipinski definition) is 4. The smallest absolute Gasteiger partial charge is 0.348 e. The maximum atomic E-state index is 11.6. The Hall–Kier alpha value is -2.77. The van der Waals surface area contributed by atoms with Crippen molar-refractivity contribution in [1.82, 2.24) is 0 Å². The zero-order valence-electron chi connectivity index (χ0n) is 14.3. The van der Waals surface area contributed by atoms with Crippen molar-refractivity contribution in [2.45, 2.75) is 20.5 Å². The highest BCUT2D eigenvalue weighted by atomic mass is 35.5. The van der Waals surface area contributed by atoms with Crippen LogP contribution in [0.4, 0.5) is 0 Å². The van der Waals surface area contributed by atoms with Crippen LogP contribution in [-0.2, 0) is 16.1 Å². The van der Waals surface area contributed by atoms with E-state index in [0.717, 1.165) is 28.0 Å². The molecule has 25 heavy (non-hydrogen) atoms. The molecule has 0 heterocycles. The van der Waals surface area contributed by atoms with E-state index in [2.05, 4.69) is 4.74 Å². The van der Waals surface area contributed by atoms with Gasteiger partial charge in [0.25, 0.3) is 0 Å². The molecule has 0 atom stereocenters. The molecule has 4 nitrogen and oxygen atoms in total. The van der Waals surface area contributed by atoms with E-state index in [1.165, 1.54) is 7.11 Å². The van der Waals surface area contributed by atoms with Gasteiger partial charge in [0.05, 0.1) is 7.11 Å². The number of ether oxygens (including phenoxy) is 2. The normalized spacial score (nSPS) is 10.9. The first kappa shape index (κ1) is 18.6. The number of halogens is 1. The molecule has 0 bridgehead atoms. The molecule has 2 aromatic carbocycles. The maximum absolute atomic E-state index is 11.6. The average molecular weight is 356 g/mol. The van der Waals surface area contributed by atoms with Gasteiger partial charge in [-0.15, -0.1) is 0 Å². The molecule has 0 aromatic heterocycles. The van der Waals surface area contributed by atoms with E-state index in [0.29, 0.717) is 11.6 Å². The standard InChI is InChI=1S/C20H18ClNO3/c1-13-8-15(10-16(11-22)20(23)24-3)14(2)17(9-13)12-25-19-6-4-18(21)5-7-19/h4-10H,12H2,1-3H3/b16-10+. The Labute approximate surface area is 152 Å². The summed E-state index contributed by atoms with van der Waals surface area (Å²) >= 11 is 5.87. The molecular formula is C20H18ClNO3. The number of carbonyl (C=O) groups is 1. The second kappa shape index (κ2) is 8.36. The molecule has 2 aromatic rings. The fourth-order valence-electron chi connectivity index (χ4n) is 2.36. The zero-order valence-corrected chi connectivity index (χ0v) is 15.1. The number of aryl methyl sites for hydroxylation is 1. The second-order valence-electron chi connectivity index (χ2n) is 5.54. The fraction of sp³-hybridized carbons (Fsp3) is 0.200. The average Bonchev–Trinajstić information content (AvgIpc) is 2.61. The van der Waals surface area contributed by atoms with E-state index in [4.69, 9.17) is 21.6 Å². The Morgan fingerprint density at radius 2 is 1.92 bits per heavy atom. The zero-order chi connectivity index (χ0) is 18.4. The van der Waals surface area contributed by atoms with Crippen molar-refractivity contribution < 1.29 is 14.3 Å². The van der Waals surface area contributed by atoms with Gasteiger partial charge in [-0.25, -0.2) is 4.79 Å². The van der Waals surface area contributed by atoms with Crippen LogP contribution in [0.25, 0.3) is 6.08 Å². The number of carbonyl (C=O) groups excluding carboxylic acids is 1. The van der Waals surface area contributed by atoms with Gasteiger partial charge in [-0.3, -0.25) is 0 Å². The molecule has 0 radical (unpaired) electrons. The number of nitrogens with zero attached hydrogens (tertiary/aromatic N) is 1. The van der Waals surface area contributed by atoms with E-state index >= 15 is 0 Å². The van der Waals surface area contributed by atoms with Gasteiger partial charge in [-0.1, -0.05) is 29.3 Å². The third-order valence-corrected chi connectivity index (χ3v) is 3.99.